The van der Waals surface area contributed by atoms with Gasteiger partial charge >= 0.3 is 0 Å². The molecule has 0 aromatic heterocycles. The van der Waals surface area contributed by atoms with E-state index in [9.17, 15) is 0 Å². The van der Waals surface area contributed by atoms with Crippen LogP contribution < -0.4 is 5.73 Å². The van der Waals surface area contributed by atoms with Gasteiger partial charge in [0.15, 0.2) is 0 Å². The second kappa shape index (κ2) is 5.46. The van der Waals surface area contributed by atoms with Crippen LogP contribution in [0.2, 0.25) is 0 Å². The third-order valence-corrected chi connectivity index (χ3v) is 3.81. The summed E-state index contributed by atoms with van der Waals surface area (Å²) in [7, 11) is 0. The van der Waals surface area contributed by atoms with Gasteiger partial charge in [0.2, 0.25) is 0 Å². The van der Waals surface area contributed by atoms with Crippen LogP contribution in [0.25, 0.3) is 0 Å². The molecular weight excluding hydrogens is 196 g/mol. The number of nitrogens with two attached hydrogens (primary N) is 1. The van der Waals surface area contributed by atoms with E-state index in [4.69, 9.17) is 5.73 Å². The smallest absolute Gasteiger partial charge is 0.0236 e. The highest BCUT2D eigenvalue weighted by atomic mass is 15.2. The first kappa shape index (κ1) is 11.6. The van der Waals surface area contributed by atoms with Crippen LogP contribution in [0.1, 0.15) is 25.3 Å². The maximum atomic E-state index is 5.65. The molecule has 2 unspecified atom stereocenters. The van der Waals surface area contributed by atoms with Gasteiger partial charge < -0.3 is 5.73 Å². The Morgan fingerprint density at radius 3 is 2.75 bits per heavy atom. The monoisotopic (exact) mass is 218 g/mol. The molecule has 0 saturated carbocycles. The van der Waals surface area contributed by atoms with Gasteiger partial charge in [-0.15, -0.1) is 0 Å². The van der Waals surface area contributed by atoms with Crippen molar-refractivity contribution < 1.29 is 0 Å². The molecule has 0 bridgehead atoms. The molecule has 1 aromatic carbocycles. The largest absolute Gasteiger partial charge is 0.330 e. The van der Waals surface area contributed by atoms with Crippen LogP contribution >= 0.6 is 0 Å². The average Bonchev–Trinajstić information content (AvgIpc) is 2.64. The number of hydrogen-bond acceptors (Lipinski definition) is 2. The summed E-state index contributed by atoms with van der Waals surface area (Å²) >= 11 is 0. The van der Waals surface area contributed by atoms with Crippen LogP contribution in [-0.2, 0) is 6.54 Å². The first-order chi connectivity index (χ1) is 7.81. The molecule has 0 aliphatic carbocycles. The van der Waals surface area contributed by atoms with Gasteiger partial charge in [0.25, 0.3) is 0 Å². The molecule has 0 radical (unpaired) electrons. The lowest BCUT2D eigenvalue weighted by Crippen LogP contribution is -2.30. The van der Waals surface area contributed by atoms with E-state index >= 15 is 0 Å². The summed E-state index contributed by atoms with van der Waals surface area (Å²) in [5.41, 5.74) is 7.07. The molecule has 0 spiro atoms. The van der Waals surface area contributed by atoms with Crippen molar-refractivity contribution in [3.05, 3.63) is 35.9 Å². The summed E-state index contributed by atoms with van der Waals surface area (Å²) in [6, 6.07) is 11.4. The topological polar surface area (TPSA) is 29.3 Å². The van der Waals surface area contributed by atoms with Gasteiger partial charge in [-0.25, -0.2) is 0 Å². The van der Waals surface area contributed by atoms with Crippen LogP contribution in [0, 0.1) is 5.92 Å². The van der Waals surface area contributed by atoms with Gasteiger partial charge in [-0.05, 0) is 44.3 Å². The van der Waals surface area contributed by atoms with E-state index in [1.807, 2.05) is 0 Å². The number of nitrogens with zero attached hydrogens (tertiary/aromatic N) is 1. The summed E-state index contributed by atoms with van der Waals surface area (Å²) in [5.74, 6) is 0.800. The quantitative estimate of drug-likeness (QED) is 0.840. The second-order valence-electron chi connectivity index (χ2n) is 4.82. The predicted molar refractivity (Wildman–Crippen MR) is 68.1 cm³/mol. The van der Waals surface area contributed by atoms with Gasteiger partial charge in [0, 0.05) is 12.6 Å². The van der Waals surface area contributed by atoms with Crippen LogP contribution in [0.15, 0.2) is 30.3 Å². The fourth-order valence-electron chi connectivity index (χ4n) is 2.72. The van der Waals surface area contributed by atoms with E-state index in [0.717, 1.165) is 19.0 Å². The molecule has 1 aliphatic heterocycles. The van der Waals surface area contributed by atoms with Crippen molar-refractivity contribution in [2.75, 3.05) is 13.1 Å². The Morgan fingerprint density at radius 2 is 2.06 bits per heavy atom. The summed E-state index contributed by atoms with van der Waals surface area (Å²) in [4.78, 5) is 2.58. The Kier molecular flexibility index (Phi) is 3.97. The fraction of sp³-hybridized carbons (Fsp3) is 0.571. The lowest BCUT2D eigenvalue weighted by molar-refractivity contribution is 0.230. The second-order valence-corrected chi connectivity index (χ2v) is 4.82. The molecule has 1 heterocycles. The number of benzene rings is 1. The Balaban J connectivity index is 1.92. The van der Waals surface area contributed by atoms with E-state index in [1.165, 1.54) is 24.9 Å². The minimum absolute atomic E-state index is 0.684. The van der Waals surface area contributed by atoms with Crippen molar-refractivity contribution >= 4 is 0 Å². The molecule has 1 saturated heterocycles. The SMILES string of the molecule is CC1C(CCN)CCN1Cc1ccccc1. The Hall–Kier alpha value is -0.860. The van der Waals surface area contributed by atoms with Crippen LogP contribution in [0.5, 0.6) is 0 Å². The van der Waals surface area contributed by atoms with Gasteiger partial charge in [-0.1, -0.05) is 30.3 Å². The standard InChI is InChI=1S/C14H22N2/c1-12-14(7-9-15)8-10-16(12)11-13-5-3-2-4-6-13/h2-6,12,14H,7-11,15H2,1H3. The molecule has 1 aromatic rings. The summed E-state index contributed by atoms with van der Waals surface area (Å²) < 4.78 is 0. The molecule has 2 N–H and O–H groups in total. The molecule has 0 amide bonds. The predicted octanol–water partition coefficient (Wildman–Crippen LogP) is 2.25. The van der Waals surface area contributed by atoms with E-state index in [-0.39, 0.29) is 0 Å². The van der Waals surface area contributed by atoms with Crippen molar-refractivity contribution in [2.45, 2.75) is 32.4 Å². The number of likely N-dealkylation sites (tertiary alicyclic amines) is 1. The minimum atomic E-state index is 0.684. The summed E-state index contributed by atoms with van der Waals surface area (Å²) in [6.45, 7) is 5.48. The maximum absolute atomic E-state index is 5.65. The summed E-state index contributed by atoms with van der Waals surface area (Å²) in [5, 5.41) is 0. The van der Waals surface area contributed by atoms with Gasteiger partial charge in [-0.3, -0.25) is 4.90 Å². The molecular formula is C14H22N2. The fourth-order valence-corrected chi connectivity index (χ4v) is 2.72. The van der Waals surface area contributed by atoms with E-state index in [0.29, 0.717) is 6.04 Å². The van der Waals surface area contributed by atoms with E-state index < -0.39 is 0 Å². The molecule has 1 aliphatic rings. The minimum Gasteiger partial charge on any atom is -0.330 e. The van der Waals surface area contributed by atoms with Crippen molar-refractivity contribution in [1.29, 1.82) is 0 Å². The van der Waals surface area contributed by atoms with Crippen molar-refractivity contribution in [3.8, 4) is 0 Å². The van der Waals surface area contributed by atoms with E-state index in [2.05, 4.69) is 42.2 Å². The third kappa shape index (κ3) is 2.63. The van der Waals surface area contributed by atoms with Crippen LogP contribution in [0.4, 0.5) is 0 Å². The zero-order chi connectivity index (χ0) is 11.4. The molecule has 2 atom stereocenters. The molecule has 88 valence electrons. The first-order valence-corrected chi connectivity index (χ1v) is 6.29. The van der Waals surface area contributed by atoms with Gasteiger partial charge in [0.05, 0.1) is 0 Å². The highest BCUT2D eigenvalue weighted by molar-refractivity contribution is 5.14. The Morgan fingerprint density at radius 1 is 1.31 bits per heavy atom. The average molecular weight is 218 g/mol. The molecule has 16 heavy (non-hydrogen) atoms. The van der Waals surface area contributed by atoms with Crippen LogP contribution in [-0.4, -0.2) is 24.0 Å². The Labute approximate surface area is 98.4 Å². The maximum Gasteiger partial charge on any atom is 0.0236 e. The Bertz CT molecular complexity index is 310. The normalized spacial score (nSPS) is 26.1. The highest BCUT2D eigenvalue weighted by Crippen LogP contribution is 2.27. The first-order valence-electron chi connectivity index (χ1n) is 6.29. The van der Waals surface area contributed by atoms with Gasteiger partial charge in [0.1, 0.15) is 0 Å². The van der Waals surface area contributed by atoms with Crippen molar-refractivity contribution in [1.82, 2.24) is 4.90 Å². The highest BCUT2D eigenvalue weighted by Gasteiger charge is 2.29. The van der Waals surface area contributed by atoms with Gasteiger partial charge in [-0.2, -0.15) is 0 Å². The molecule has 2 rings (SSSR count). The number of hydrogen-bond donors (Lipinski definition) is 1. The lowest BCUT2D eigenvalue weighted by atomic mass is 9.98. The zero-order valence-corrected chi connectivity index (χ0v) is 10.1. The molecule has 2 nitrogen and oxygen atoms in total. The van der Waals surface area contributed by atoms with Crippen LogP contribution in [0.3, 0.4) is 0 Å². The zero-order valence-electron chi connectivity index (χ0n) is 10.1. The number of rotatable bonds is 4. The van der Waals surface area contributed by atoms with Crippen molar-refractivity contribution in [3.63, 3.8) is 0 Å². The van der Waals surface area contributed by atoms with Crippen molar-refractivity contribution in [2.24, 2.45) is 11.7 Å². The van der Waals surface area contributed by atoms with E-state index in [1.54, 1.807) is 0 Å². The third-order valence-electron chi connectivity index (χ3n) is 3.81. The summed E-state index contributed by atoms with van der Waals surface area (Å²) in [6.07, 6.45) is 2.48. The lowest BCUT2D eigenvalue weighted by Gasteiger charge is -2.24. The molecule has 2 heteroatoms. The molecule has 1 fully saturated rings.